The van der Waals surface area contributed by atoms with Gasteiger partial charge in [-0.15, -0.1) is 11.3 Å². The molecular formula is C14H17N3O2S. The maximum absolute atomic E-state index is 9.04. The maximum Gasteiger partial charge on any atom is 0.269 e. The van der Waals surface area contributed by atoms with Crippen molar-refractivity contribution in [3.05, 3.63) is 22.8 Å². The Kier molecular flexibility index (Phi) is 4.21. The van der Waals surface area contributed by atoms with E-state index in [1.165, 1.54) is 11.3 Å². The second-order valence-corrected chi connectivity index (χ2v) is 6.35. The number of hydrogen-bond acceptors (Lipinski definition) is 6. The van der Waals surface area contributed by atoms with Crippen LogP contribution in [-0.2, 0) is 4.74 Å². The molecule has 0 aliphatic rings. The maximum atomic E-state index is 9.04. The van der Waals surface area contributed by atoms with Crippen molar-refractivity contribution >= 4 is 11.3 Å². The summed E-state index contributed by atoms with van der Waals surface area (Å²) in [5.74, 6) is 0.896. The number of ether oxygens (including phenoxy) is 1. The van der Waals surface area contributed by atoms with Crippen LogP contribution in [-0.4, -0.2) is 16.7 Å². The highest BCUT2D eigenvalue weighted by Crippen LogP contribution is 2.36. The Morgan fingerprint density at radius 2 is 2.25 bits per heavy atom. The van der Waals surface area contributed by atoms with E-state index in [0.29, 0.717) is 28.8 Å². The van der Waals surface area contributed by atoms with Crippen LogP contribution in [0.3, 0.4) is 0 Å². The predicted molar refractivity (Wildman–Crippen MR) is 76.1 cm³/mol. The van der Waals surface area contributed by atoms with Crippen molar-refractivity contribution in [3.8, 4) is 16.8 Å². The summed E-state index contributed by atoms with van der Waals surface area (Å²) < 4.78 is 11.0. The lowest BCUT2D eigenvalue weighted by molar-refractivity contribution is -0.0203. The highest BCUT2D eigenvalue weighted by Gasteiger charge is 2.31. The Balaban J connectivity index is 2.35. The van der Waals surface area contributed by atoms with Gasteiger partial charge in [-0.05, 0) is 23.8 Å². The second-order valence-electron chi connectivity index (χ2n) is 5.43. The van der Waals surface area contributed by atoms with Crippen LogP contribution in [0.5, 0.6) is 0 Å². The van der Waals surface area contributed by atoms with Gasteiger partial charge in [-0.3, -0.25) is 0 Å². The van der Waals surface area contributed by atoms with Gasteiger partial charge in [0.2, 0.25) is 5.82 Å². The van der Waals surface area contributed by atoms with Gasteiger partial charge in [0.25, 0.3) is 5.89 Å². The van der Waals surface area contributed by atoms with Crippen LogP contribution < -0.4 is 0 Å². The molecular weight excluding hydrogens is 274 g/mol. The summed E-state index contributed by atoms with van der Waals surface area (Å²) in [5.41, 5.74) is 0.416. The van der Waals surface area contributed by atoms with Crippen molar-refractivity contribution in [1.29, 1.82) is 5.26 Å². The number of hydrogen-bond donors (Lipinski definition) is 0. The van der Waals surface area contributed by atoms with Gasteiger partial charge >= 0.3 is 0 Å². The topological polar surface area (TPSA) is 71.9 Å². The highest BCUT2D eigenvalue weighted by atomic mass is 32.1. The fourth-order valence-electron chi connectivity index (χ4n) is 1.88. The quantitative estimate of drug-likeness (QED) is 0.856. The van der Waals surface area contributed by atoms with E-state index in [0.717, 1.165) is 0 Å². The molecule has 106 valence electrons. The first kappa shape index (κ1) is 14.7. The monoisotopic (exact) mass is 291 g/mol. The molecule has 5 nitrogen and oxygen atoms in total. The molecule has 2 heterocycles. The van der Waals surface area contributed by atoms with E-state index in [9.17, 15) is 0 Å². The van der Waals surface area contributed by atoms with Crippen molar-refractivity contribution in [1.82, 2.24) is 10.1 Å². The first-order valence-corrected chi connectivity index (χ1v) is 7.28. The van der Waals surface area contributed by atoms with Gasteiger partial charge in [-0.25, -0.2) is 0 Å². The SMILES string of the molecule is CCOC(c1noc(-c2sccc2C#N)n1)C(C)(C)C. The van der Waals surface area contributed by atoms with Crippen LogP contribution in [0.15, 0.2) is 16.0 Å². The zero-order valence-electron chi connectivity index (χ0n) is 12.0. The molecule has 0 fully saturated rings. The zero-order chi connectivity index (χ0) is 14.8. The van der Waals surface area contributed by atoms with Crippen molar-refractivity contribution < 1.29 is 9.26 Å². The molecule has 2 rings (SSSR count). The van der Waals surface area contributed by atoms with Gasteiger partial charge in [0, 0.05) is 6.61 Å². The molecule has 1 unspecified atom stereocenters. The van der Waals surface area contributed by atoms with Crippen LogP contribution in [0.25, 0.3) is 10.8 Å². The Morgan fingerprint density at radius 1 is 1.50 bits per heavy atom. The molecule has 0 saturated carbocycles. The predicted octanol–water partition coefficient (Wildman–Crippen LogP) is 3.79. The minimum atomic E-state index is -0.240. The third kappa shape index (κ3) is 2.89. The first-order valence-electron chi connectivity index (χ1n) is 6.40. The fourth-order valence-corrected chi connectivity index (χ4v) is 2.64. The molecule has 1 atom stereocenters. The van der Waals surface area contributed by atoms with Crippen LogP contribution in [0, 0.1) is 16.7 Å². The zero-order valence-corrected chi connectivity index (χ0v) is 12.8. The highest BCUT2D eigenvalue weighted by molar-refractivity contribution is 7.13. The van der Waals surface area contributed by atoms with E-state index in [-0.39, 0.29) is 11.5 Å². The Morgan fingerprint density at radius 3 is 2.85 bits per heavy atom. The molecule has 6 heteroatoms. The minimum absolute atomic E-state index is 0.134. The summed E-state index contributed by atoms with van der Waals surface area (Å²) in [6.07, 6.45) is -0.240. The van der Waals surface area contributed by atoms with E-state index >= 15 is 0 Å². The van der Waals surface area contributed by atoms with Gasteiger partial charge in [0.15, 0.2) is 0 Å². The standard InChI is InChI=1S/C14H17N3O2S/c1-5-18-11(14(2,3)4)12-16-13(19-17-12)10-9(8-15)6-7-20-10/h6-7,11H,5H2,1-4H3. The first-order chi connectivity index (χ1) is 9.47. The normalized spacial score (nSPS) is 13.2. The van der Waals surface area contributed by atoms with E-state index in [4.69, 9.17) is 14.5 Å². The van der Waals surface area contributed by atoms with Crippen LogP contribution >= 0.6 is 11.3 Å². The largest absolute Gasteiger partial charge is 0.370 e. The van der Waals surface area contributed by atoms with Gasteiger partial charge in [0.1, 0.15) is 17.1 Å². The Bertz CT molecular complexity index is 619. The third-order valence-electron chi connectivity index (χ3n) is 2.78. The minimum Gasteiger partial charge on any atom is -0.370 e. The van der Waals surface area contributed by atoms with Crippen molar-refractivity contribution in [2.75, 3.05) is 6.61 Å². The average molecular weight is 291 g/mol. The number of aromatic nitrogens is 2. The second kappa shape index (κ2) is 5.73. The van der Waals surface area contributed by atoms with E-state index in [1.54, 1.807) is 6.07 Å². The summed E-state index contributed by atoms with van der Waals surface area (Å²) in [7, 11) is 0. The number of nitriles is 1. The fraction of sp³-hybridized carbons (Fsp3) is 0.500. The molecule has 0 amide bonds. The molecule has 0 bridgehead atoms. The molecule has 20 heavy (non-hydrogen) atoms. The van der Waals surface area contributed by atoms with Crippen molar-refractivity contribution in [3.63, 3.8) is 0 Å². The molecule has 0 aliphatic carbocycles. The summed E-state index contributed by atoms with van der Waals surface area (Å²) in [6, 6.07) is 3.86. The lowest BCUT2D eigenvalue weighted by Crippen LogP contribution is -2.22. The van der Waals surface area contributed by atoms with Crippen LogP contribution in [0.4, 0.5) is 0 Å². The van der Waals surface area contributed by atoms with E-state index in [1.807, 2.05) is 12.3 Å². The van der Waals surface area contributed by atoms with Crippen molar-refractivity contribution in [2.24, 2.45) is 5.41 Å². The molecule has 0 saturated heterocycles. The molecule has 0 radical (unpaired) electrons. The lowest BCUT2D eigenvalue weighted by Gasteiger charge is -2.27. The molecule has 2 aromatic rings. The molecule has 0 aromatic carbocycles. The lowest BCUT2D eigenvalue weighted by atomic mass is 9.88. The summed E-state index contributed by atoms with van der Waals surface area (Å²) in [6.45, 7) is 8.71. The molecule has 2 aromatic heterocycles. The van der Waals surface area contributed by atoms with Gasteiger partial charge in [-0.2, -0.15) is 10.2 Å². The summed E-state index contributed by atoms with van der Waals surface area (Å²) in [5, 5.41) is 14.9. The Labute approximate surface area is 122 Å². The summed E-state index contributed by atoms with van der Waals surface area (Å²) in [4.78, 5) is 5.11. The summed E-state index contributed by atoms with van der Waals surface area (Å²) >= 11 is 1.41. The average Bonchev–Trinajstić information content (AvgIpc) is 3.02. The molecule has 0 N–H and O–H groups in total. The van der Waals surface area contributed by atoms with Crippen LogP contribution in [0.1, 0.15) is 45.2 Å². The molecule has 0 aliphatic heterocycles. The number of rotatable bonds is 4. The van der Waals surface area contributed by atoms with Crippen molar-refractivity contribution in [2.45, 2.75) is 33.8 Å². The van der Waals surface area contributed by atoms with E-state index in [2.05, 4.69) is 37.0 Å². The smallest absolute Gasteiger partial charge is 0.269 e. The van der Waals surface area contributed by atoms with Gasteiger partial charge in [-0.1, -0.05) is 25.9 Å². The van der Waals surface area contributed by atoms with Gasteiger partial charge < -0.3 is 9.26 Å². The third-order valence-corrected chi connectivity index (χ3v) is 3.68. The number of nitrogens with zero attached hydrogens (tertiary/aromatic N) is 3. The molecule has 0 spiro atoms. The van der Waals surface area contributed by atoms with Gasteiger partial charge in [0.05, 0.1) is 5.56 Å². The number of thiophene rings is 1. The van der Waals surface area contributed by atoms with E-state index < -0.39 is 0 Å². The Hall–Kier alpha value is -1.71. The van der Waals surface area contributed by atoms with Crippen LogP contribution in [0.2, 0.25) is 0 Å².